The van der Waals surface area contributed by atoms with E-state index >= 15 is 0 Å². The third-order valence-electron chi connectivity index (χ3n) is 5.77. The second-order valence-electron chi connectivity index (χ2n) is 8.05. The summed E-state index contributed by atoms with van der Waals surface area (Å²) in [6, 6.07) is 1.10. The maximum absolute atomic E-state index is 4.90. The van der Waals surface area contributed by atoms with Crippen LogP contribution in [0.2, 0.25) is 0 Å². The minimum absolute atomic E-state index is 0.536. The van der Waals surface area contributed by atoms with E-state index in [1.54, 1.807) is 0 Å². The number of likely N-dealkylation sites (tertiary alicyclic amines) is 2. The Kier molecular flexibility index (Phi) is 9.04. The van der Waals surface area contributed by atoms with Crippen LogP contribution >= 0.6 is 0 Å². The summed E-state index contributed by atoms with van der Waals surface area (Å²) in [7, 11) is 0. The van der Waals surface area contributed by atoms with Crippen molar-refractivity contribution in [1.29, 1.82) is 0 Å². The number of nitrogens with one attached hydrogen (secondary N) is 2. The normalized spacial score (nSPS) is 23.6. The fourth-order valence-electron chi connectivity index (χ4n) is 3.94. The predicted molar refractivity (Wildman–Crippen MR) is 108 cm³/mol. The van der Waals surface area contributed by atoms with Gasteiger partial charge in [0.15, 0.2) is 5.96 Å². The minimum atomic E-state index is 0.536. The van der Waals surface area contributed by atoms with Crippen LogP contribution in [0, 0.1) is 5.92 Å². The summed E-state index contributed by atoms with van der Waals surface area (Å²) < 4.78 is 0. The molecule has 0 aromatic carbocycles. The summed E-state index contributed by atoms with van der Waals surface area (Å²) in [5.74, 6) is 1.90. The highest BCUT2D eigenvalue weighted by Gasteiger charge is 2.21. The molecule has 5 nitrogen and oxygen atoms in total. The van der Waals surface area contributed by atoms with Crippen LogP contribution in [0.1, 0.15) is 59.8 Å². The van der Waals surface area contributed by atoms with Crippen molar-refractivity contribution in [3.05, 3.63) is 0 Å². The average molecular weight is 352 g/mol. The van der Waals surface area contributed by atoms with Crippen LogP contribution in [0.25, 0.3) is 0 Å². The first-order valence-electron chi connectivity index (χ1n) is 10.6. The monoisotopic (exact) mass is 351 g/mol. The standard InChI is InChI=1S/C20H41N5/c1-5-11-24-12-9-19(10-13-24)23-20(21-6-2)22-16-18(4)25-14-7-17(3)8-15-25/h17-19H,5-16H2,1-4H3,(H2,21,22,23). The van der Waals surface area contributed by atoms with Gasteiger partial charge in [0.05, 0.1) is 6.54 Å². The van der Waals surface area contributed by atoms with Gasteiger partial charge in [-0.2, -0.15) is 0 Å². The molecular formula is C20H41N5. The summed E-state index contributed by atoms with van der Waals surface area (Å²) in [5.41, 5.74) is 0. The van der Waals surface area contributed by atoms with Gasteiger partial charge in [0.2, 0.25) is 0 Å². The maximum Gasteiger partial charge on any atom is 0.191 e. The number of rotatable bonds is 7. The van der Waals surface area contributed by atoms with E-state index in [4.69, 9.17) is 4.99 Å². The molecule has 0 spiro atoms. The molecule has 0 aromatic heterocycles. The van der Waals surface area contributed by atoms with Gasteiger partial charge in [-0.05, 0) is 71.5 Å². The van der Waals surface area contributed by atoms with Gasteiger partial charge in [-0.1, -0.05) is 13.8 Å². The van der Waals surface area contributed by atoms with Crippen molar-refractivity contribution in [3.8, 4) is 0 Å². The molecule has 5 heteroatoms. The highest BCUT2D eigenvalue weighted by molar-refractivity contribution is 5.80. The van der Waals surface area contributed by atoms with Gasteiger partial charge in [-0.25, -0.2) is 0 Å². The van der Waals surface area contributed by atoms with Gasteiger partial charge in [0, 0.05) is 31.7 Å². The van der Waals surface area contributed by atoms with Crippen LogP contribution < -0.4 is 10.6 Å². The Bertz CT molecular complexity index is 382. The molecule has 2 N–H and O–H groups in total. The topological polar surface area (TPSA) is 42.9 Å². The molecule has 146 valence electrons. The van der Waals surface area contributed by atoms with Gasteiger partial charge in [-0.3, -0.25) is 9.89 Å². The Balaban J connectivity index is 1.78. The summed E-state index contributed by atoms with van der Waals surface area (Å²) in [5, 5.41) is 7.12. The molecule has 0 aromatic rings. The van der Waals surface area contributed by atoms with E-state index in [0.717, 1.165) is 25.0 Å². The van der Waals surface area contributed by atoms with E-state index in [1.807, 2.05) is 0 Å². The van der Waals surface area contributed by atoms with Crippen LogP contribution in [0.15, 0.2) is 4.99 Å². The molecule has 2 aliphatic heterocycles. The number of nitrogens with zero attached hydrogens (tertiary/aromatic N) is 3. The fourth-order valence-corrected chi connectivity index (χ4v) is 3.94. The molecular weight excluding hydrogens is 310 g/mol. The van der Waals surface area contributed by atoms with E-state index < -0.39 is 0 Å². The first-order valence-corrected chi connectivity index (χ1v) is 10.6. The van der Waals surface area contributed by atoms with E-state index in [1.165, 1.54) is 64.8 Å². The van der Waals surface area contributed by atoms with Crippen LogP contribution in [-0.4, -0.2) is 73.7 Å². The zero-order valence-corrected chi connectivity index (χ0v) is 17.1. The Morgan fingerprint density at radius 1 is 1.08 bits per heavy atom. The largest absolute Gasteiger partial charge is 0.357 e. The van der Waals surface area contributed by atoms with Gasteiger partial charge in [0.25, 0.3) is 0 Å². The number of hydrogen-bond acceptors (Lipinski definition) is 3. The molecule has 2 heterocycles. The van der Waals surface area contributed by atoms with Gasteiger partial charge in [0.1, 0.15) is 0 Å². The lowest BCUT2D eigenvalue weighted by molar-refractivity contribution is 0.150. The van der Waals surface area contributed by atoms with Crippen molar-refractivity contribution in [3.63, 3.8) is 0 Å². The summed E-state index contributed by atoms with van der Waals surface area (Å²) >= 11 is 0. The van der Waals surface area contributed by atoms with Crippen molar-refractivity contribution >= 4 is 5.96 Å². The van der Waals surface area contributed by atoms with E-state index in [0.29, 0.717) is 12.1 Å². The lowest BCUT2D eigenvalue weighted by atomic mass is 9.98. The van der Waals surface area contributed by atoms with Gasteiger partial charge in [-0.15, -0.1) is 0 Å². The van der Waals surface area contributed by atoms with Crippen LogP contribution in [-0.2, 0) is 0 Å². The number of piperidine rings is 2. The fraction of sp³-hybridized carbons (Fsp3) is 0.950. The Morgan fingerprint density at radius 3 is 2.36 bits per heavy atom. The first kappa shape index (κ1) is 20.5. The molecule has 0 amide bonds. The van der Waals surface area contributed by atoms with Crippen LogP contribution in [0.4, 0.5) is 0 Å². The molecule has 0 radical (unpaired) electrons. The van der Waals surface area contributed by atoms with Crippen LogP contribution in [0.3, 0.4) is 0 Å². The number of hydrogen-bond donors (Lipinski definition) is 2. The molecule has 25 heavy (non-hydrogen) atoms. The zero-order valence-electron chi connectivity index (χ0n) is 17.1. The molecule has 2 rings (SSSR count). The third-order valence-corrected chi connectivity index (χ3v) is 5.77. The smallest absolute Gasteiger partial charge is 0.191 e. The van der Waals surface area contributed by atoms with Crippen molar-refractivity contribution in [1.82, 2.24) is 20.4 Å². The average Bonchev–Trinajstić information content (AvgIpc) is 2.62. The number of guanidine groups is 1. The highest BCUT2D eigenvalue weighted by atomic mass is 15.2. The Labute approximate surface area is 155 Å². The van der Waals surface area contributed by atoms with Gasteiger partial charge >= 0.3 is 0 Å². The Morgan fingerprint density at radius 2 is 1.76 bits per heavy atom. The van der Waals surface area contributed by atoms with Crippen molar-refractivity contribution in [2.75, 3.05) is 45.8 Å². The molecule has 2 saturated heterocycles. The molecule has 1 unspecified atom stereocenters. The lowest BCUT2D eigenvalue weighted by Gasteiger charge is -2.35. The van der Waals surface area contributed by atoms with Gasteiger partial charge < -0.3 is 15.5 Å². The molecule has 0 bridgehead atoms. The molecule has 1 atom stereocenters. The van der Waals surface area contributed by atoms with E-state index in [2.05, 4.69) is 48.1 Å². The molecule has 2 fully saturated rings. The summed E-state index contributed by atoms with van der Waals surface area (Å²) in [6.45, 7) is 17.1. The van der Waals surface area contributed by atoms with E-state index in [9.17, 15) is 0 Å². The molecule has 0 aliphatic carbocycles. The van der Waals surface area contributed by atoms with E-state index in [-0.39, 0.29) is 0 Å². The maximum atomic E-state index is 4.90. The second kappa shape index (κ2) is 11.0. The van der Waals surface area contributed by atoms with Crippen molar-refractivity contribution < 1.29 is 0 Å². The second-order valence-corrected chi connectivity index (χ2v) is 8.05. The quantitative estimate of drug-likeness (QED) is 0.546. The summed E-state index contributed by atoms with van der Waals surface area (Å²) in [6.07, 6.45) is 6.38. The zero-order chi connectivity index (χ0) is 18.1. The number of aliphatic imine (C=N–C) groups is 1. The molecule has 2 aliphatic rings. The van der Waals surface area contributed by atoms with Crippen LogP contribution in [0.5, 0.6) is 0 Å². The first-order chi connectivity index (χ1) is 12.1. The highest BCUT2D eigenvalue weighted by Crippen LogP contribution is 2.18. The minimum Gasteiger partial charge on any atom is -0.357 e. The lowest BCUT2D eigenvalue weighted by Crippen LogP contribution is -2.49. The molecule has 0 saturated carbocycles. The Hall–Kier alpha value is -0.810. The summed E-state index contributed by atoms with van der Waals surface area (Å²) in [4.78, 5) is 10.1. The predicted octanol–water partition coefficient (Wildman–Crippen LogP) is 2.54. The van der Waals surface area contributed by atoms with Crippen molar-refractivity contribution in [2.24, 2.45) is 10.9 Å². The SMILES string of the molecule is CCCN1CCC(NC(=NCC(C)N2CCC(C)CC2)NCC)CC1. The van der Waals surface area contributed by atoms with Crippen molar-refractivity contribution in [2.45, 2.75) is 71.9 Å². The third kappa shape index (κ3) is 7.14.